The van der Waals surface area contributed by atoms with Crippen LogP contribution in [0.25, 0.3) is 0 Å². The molecule has 4 heteroatoms. The molecule has 0 aromatic rings. The number of likely N-dealkylation sites (tertiary alicyclic amines) is 1. The van der Waals surface area contributed by atoms with Gasteiger partial charge in [-0.2, -0.15) is 0 Å². The highest BCUT2D eigenvalue weighted by atomic mass is 79.9. The van der Waals surface area contributed by atoms with E-state index in [0.29, 0.717) is 24.8 Å². The van der Waals surface area contributed by atoms with Crippen molar-refractivity contribution >= 4 is 21.8 Å². The number of allylic oxidation sites excluding steroid dienone is 1. The summed E-state index contributed by atoms with van der Waals surface area (Å²) in [5.74, 6) is -0.00833. The van der Waals surface area contributed by atoms with Gasteiger partial charge in [0, 0.05) is 18.4 Å². The minimum Gasteiger partial charge on any atom is -0.391 e. The van der Waals surface area contributed by atoms with E-state index >= 15 is 0 Å². The smallest absolute Gasteiger partial charge is 0.246 e. The molecule has 1 fully saturated rings. The van der Waals surface area contributed by atoms with E-state index in [1.807, 2.05) is 0 Å². The summed E-state index contributed by atoms with van der Waals surface area (Å²) in [7, 11) is 0. The van der Waals surface area contributed by atoms with E-state index in [4.69, 9.17) is 5.11 Å². The number of aliphatic hydroxyl groups is 1. The maximum atomic E-state index is 11.3. The van der Waals surface area contributed by atoms with Crippen LogP contribution in [0.5, 0.6) is 0 Å². The van der Waals surface area contributed by atoms with E-state index in [1.54, 1.807) is 11.0 Å². The summed E-state index contributed by atoms with van der Waals surface area (Å²) in [4.78, 5) is 12.9. The molecule has 1 N–H and O–H groups in total. The van der Waals surface area contributed by atoms with Crippen LogP contribution in [-0.2, 0) is 4.79 Å². The van der Waals surface area contributed by atoms with Gasteiger partial charge in [-0.05, 0) is 12.5 Å². The van der Waals surface area contributed by atoms with E-state index in [-0.39, 0.29) is 12.0 Å². The van der Waals surface area contributed by atoms with Gasteiger partial charge < -0.3 is 10.0 Å². The molecule has 0 saturated carbocycles. The molecular formula is C8H12BrNO2. The number of rotatable bonds is 2. The van der Waals surface area contributed by atoms with Gasteiger partial charge in [-0.25, -0.2) is 0 Å². The van der Waals surface area contributed by atoms with Crippen LogP contribution in [0.4, 0.5) is 0 Å². The number of aliphatic hydroxyl groups excluding tert-OH is 1. The summed E-state index contributed by atoms with van der Waals surface area (Å²) >= 11 is 3.19. The number of hydrogen-bond acceptors (Lipinski definition) is 2. The highest BCUT2D eigenvalue weighted by Crippen LogP contribution is 2.08. The molecule has 68 valence electrons. The highest BCUT2D eigenvalue weighted by Gasteiger charge is 2.22. The van der Waals surface area contributed by atoms with Gasteiger partial charge >= 0.3 is 0 Å². The van der Waals surface area contributed by atoms with Crippen molar-refractivity contribution < 1.29 is 9.90 Å². The first-order chi connectivity index (χ1) is 5.74. The first-order valence-corrected chi connectivity index (χ1v) is 5.05. The van der Waals surface area contributed by atoms with Crippen LogP contribution in [0.3, 0.4) is 0 Å². The van der Waals surface area contributed by atoms with Crippen molar-refractivity contribution in [3.63, 3.8) is 0 Å². The van der Waals surface area contributed by atoms with Crippen molar-refractivity contribution in [2.75, 3.05) is 18.4 Å². The van der Waals surface area contributed by atoms with Crippen molar-refractivity contribution in [1.82, 2.24) is 4.90 Å². The topological polar surface area (TPSA) is 40.5 Å². The Morgan fingerprint density at radius 1 is 1.75 bits per heavy atom. The Kier molecular flexibility index (Phi) is 3.75. The molecule has 3 nitrogen and oxygen atoms in total. The first kappa shape index (κ1) is 9.74. The largest absolute Gasteiger partial charge is 0.391 e. The molecule has 12 heavy (non-hydrogen) atoms. The number of amides is 1. The van der Waals surface area contributed by atoms with Gasteiger partial charge in [-0.1, -0.05) is 22.0 Å². The number of carbonyl (C=O) groups excluding carboxylic acids is 1. The molecule has 0 aliphatic carbocycles. The van der Waals surface area contributed by atoms with E-state index in [0.717, 1.165) is 0 Å². The standard InChI is InChI=1S/C8H12BrNO2/c9-4-1-2-8(12)10-5-3-7(11)6-10/h1-2,7,11H,3-6H2/b2-1+/t7-/m0/s1. The van der Waals surface area contributed by atoms with E-state index < -0.39 is 0 Å². The molecule has 0 spiro atoms. The van der Waals surface area contributed by atoms with Gasteiger partial charge in [0.15, 0.2) is 0 Å². The van der Waals surface area contributed by atoms with Crippen molar-refractivity contribution in [2.45, 2.75) is 12.5 Å². The van der Waals surface area contributed by atoms with Crippen LogP contribution in [0.1, 0.15) is 6.42 Å². The predicted octanol–water partition coefficient (Wildman–Crippen LogP) is 0.531. The van der Waals surface area contributed by atoms with Gasteiger partial charge in [0.1, 0.15) is 0 Å². The number of halogens is 1. The number of nitrogens with zero attached hydrogens (tertiary/aromatic N) is 1. The molecule has 1 aliphatic heterocycles. The van der Waals surface area contributed by atoms with Crippen LogP contribution in [-0.4, -0.2) is 40.4 Å². The summed E-state index contributed by atoms with van der Waals surface area (Å²) in [6, 6.07) is 0. The summed E-state index contributed by atoms with van der Waals surface area (Å²) < 4.78 is 0. The molecule has 1 atom stereocenters. The quantitative estimate of drug-likeness (QED) is 0.559. The van der Waals surface area contributed by atoms with Crippen molar-refractivity contribution in [2.24, 2.45) is 0 Å². The fraction of sp³-hybridized carbons (Fsp3) is 0.625. The van der Waals surface area contributed by atoms with Crippen LogP contribution in [0.2, 0.25) is 0 Å². The predicted molar refractivity (Wildman–Crippen MR) is 50.1 cm³/mol. The Morgan fingerprint density at radius 2 is 2.50 bits per heavy atom. The lowest BCUT2D eigenvalue weighted by atomic mass is 10.3. The fourth-order valence-electron chi connectivity index (χ4n) is 1.19. The molecule has 1 amide bonds. The number of β-amino-alcohol motifs (C(OH)–C–C–N with tert-alkyl or cyclic N) is 1. The summed E-state index contributed by atoms with van der Waals surface area (Å²) in [5, 5.41) is 9.84. The zero-order valence-electron chi connectivity index (χ0n) is 6.74. The van der Waals surface area contributed by atoms with E-state index in [2.05, 4.69) is 15.9 Å². The van der Waals surface area contributed by atoms with Crippen LogP contribution in [0, 0.1) is 0 Å². The molecule has 1 aliphatic rings. The molecule has 0 bridgehead atoms. The Labute approximate surface area is 80.2 Å². The molecule has 0 aromatic heterocycles. The summed E-state index contributed by atoms with van der Waals surface area (Å²) in [6.45, 7) is 1.15. The molecular weight excluding hydrogens is 222 g/mol. The third-order valence-corrected chi connectivity index (χ3v) is 2.20. The van der Waals surface area contributed by atoms with Gasteiger partial charge in [0.2, 0.25) is 5.91 Å². The van der Waals surface area contributed by atoms with Crippen molar-refractivity contribution in [1.29, 1.82) is 0 Å². The van der Waals surface area contributed by atoms with Crippen molar-refractivity contribution in [3.05, 3.63) is 12.2 Å². The fourth-order valence-corrected chi connectivity index (χ4v) is 1.38. The number of alkyl halides is 1. The van der Waals surface area contributed by atoms with Crippen LogP contribution < -0.4 is 0 Å². The minimum absolute atomic E-state index is 0.00833. The summed E-state index contributed by atoms with van der Waals surface area (Å²) in [5.41, 5.74) is 0. The maximum absolute atomic E-state index is 11.3. The molecule has 1 rings (SSSR count). The molecule has 0 aromatic carbocycles. The third-order valence-electron chi connectivity index (χ3n) is 1.82. The second-order valence-electron chi connectivity index (χ2n) is 2.78. The van der Waals surface area contributed by atoms with Crippen molar-refractivity contribution in [3.8, 4) is 0 Å². The van der Waals surface area contributed by atoms with E-state index in [9.17, 15) is 4.79 Å². The van der Waals surface area contributed by atoms with Crippen LogP contribution in [0.15, 0.2) is 12.2 Å². The SMILES string of the molecule is O=C(/C=C/CBr)N1CC[C@H](O)C1. The highest BCUT2D eigenvalue weighted by molar-refractivity contribution is 9.09. The lowest BCUT2D eigenvalue weighted by molar-refractivity contribution is -0.125. The Balaban J connectivity index is 2.38. The average Bonchev–Trinajstić information content (AvgIpc) is 2.47. The lowest BCUT2D eigenvalue weighted by Crippen LogP contribution is -2.27. The third kappa shape index (κ3) is 2.60. The summed E-state index contributed by atoms with van der Waals surface area (Å²) in [6.07, 6.45) is 3.67. The normalized spacial score (nSPS) is 23.8. The van der Waals surface area contributed by atoms with Gasteiger partial charge in [0.05, 0.1) is 6.10 Å². The first-order valence-electron chi connectivity index (χ1n) is 3.93. The minimum atomic E-state index is -0.327. The Bertz CT molecular complexity index is 193. The zero-order valence-corrected chi connectivity index (χ0v) is 8.33. The maximum Gasteiger partial charge on any atom is 0.246 e. The zero-order chi connectivity index (χ0) is 8.97. The van der Waals surface area contributed by atoms with Gasteiger partial charge in [-0.3, -0.25) is 4.79 Å². The Morgan fingerprint density at radius 3 is 3.00 bits per heavy atom. The molecule has 1 saturated heterocycles. The average molecular weight is 234 g/mol. The van der Waals surface area contributed by atoms with Gasteiger partial charge in [0.25, 0.3) is 0 Å². The van der Waals surface area contributed by atoms with Gasteiger partial charge in [-0.15, -0.1) is 0 Å². The number of hydrogen-bond donors (Lipinski definition) is 1. The molecule has 1 heterocycles. The number of carbonyl (C=O) groups is 1. The van der Waals surface area contributed by atoms with E-state index in [1.165, 1.54) is 6.08 Å². The monoisotopic (exact) mass is 233 g/mol. The second kappa shape index (κ2) is 4.62. The lowest BCUT2D eigenvalue weighted by Gasteiger charge is -2.11. The Hall–Kier alpha value is -0.350. The van der Waals surface area contributed by atoms with Crippen LogP contribution >= 0.6 is 15.9 Å². The molecule has 0 unspecified atom stereocenters. The molecule has 0 radical (unpaired) electrons. The second-order valence-corrected chi connectivity index (χ2v) is 3.43.